The topological polar surface area (TPSA) is 94.7 Å². The molecule has 0 aliphatic heterocycles. The first-order chi connectivity index (χ1) is 11.6. The van der Waals surface area contributed by atoms with Gasteiger partial charge < -0.3 is 25.3 Å². The Morgan fingerprint density at radius 1 is 1.33 bits per heavy atom. The van der Waals surface area contributed by atoms with Crippen LogP contribution in [0.1, 0.15) is 24.0 Å². The Bertz CT molecular complexity index is 686. The summed E-state index contributed by atoms with van der Waals surface area (Å²) in [5.41, 5.74) is 0.772. The average Bonchev–Trinajstić information content (AvgIpc) is 3.07. The number of benzene rings is 1. The first kappa shape index (κ1) is 18.3. The lowest BCUT2D eigenvalue weighted by atomic mass is 10.2. The highest BCUT2D eigenvalue weighted by atomic mass is 79.9. The Balaban J connectivity index is 2.14. The molecule has 0 aliphatic carbocycles. The van der Waals surface area contributed by atoms with Crippen molar-refractivity contribution in [2.45, 2.75) is 12.6 Å². The van der Waals surface area contributed by atoms with E-state index in [4.69, 9.17) is 9.52 Å². The number of amides is 1. The Labute approximate surface area is 148 Å². The summed E-state index contributed by atoms with van der Waals surface area (Å²) < 4.78 is 6.04. The predicted octanol–water partition coefficient (Wildman–Crippen LogP) is 2.16. The van der Waals surface area contributed by atoms with Gasteiger partial charge in [0.25, 0.3) is 5.91 Å². The normalized spacial score (nSPS) is 12.7. The molecule has 0 aliphatic rings. The third-order valence-corrected chi connectivity index (χ3v) is 3.64. The summed E-state index contributed by atoms with van der Waals surface area (Å²) in [6.45, 7) is 0.324. The van der Waals surface area contributed by atoms with Gasteiger partial charge in [-0.3, -0.25) is 4.79 Å². The third kappa shape index (κ3) is 5.52. The van der Waals surface area contributed by atoms with E-state index in [-0.39, 0.29) is 12.3 Å². The van der Waals surface area contributed by atoms with Crippen LogP contribution in [0, 0.1) is 0 Å². The van der Waals surface area contributed by atoms with Crippen molar-refractivity contribution in [2.24, 2.45) is 0 Å². The van der Waals surface area contributed by atoms with E-state index >= 15 is 0 Å². The molecule has 7 heteroatoms. The van der Waals surface area contributed by atoms with E-state index in [2.05, 4.69) is 26.6 Å². The van der Waals surface area contributed by atoms with Gasteiger partial charge in [0.05, 0.1) is 6.26 Å². The summed E-state index contributed by atoms with van der Waals surface area (Å²) in [7, 11) is 0. The lowest BCUT2D eigenvalue weighted by Crippen LogP contribution is -2.34. The molecule has 2 aromatic rings. The zero-order valence-electron chi connectivity index (χ0n) is 12.9. The van der Waals surface area contributed by atoms with Crippen molar-refractivity contribution in [1.82, 2.24) is 10.6 Å². The highest BCUT2D eigenvalue weighted by Crippen LogP contribution is 2.18. The maximum atomic E-state index is 12.3. The molecule has 1 aromatic carbocycles. The van der Waals surface area contributed by atoms with E-state index in [9.17, 15) is 9.90 Å². The zero-order valence-corrected chi connectivity index (χ0v) is 14.5. The number of aliphatic hydroxyl groups is 2. The van der Waals surface area contributed by atoms with Crippen molar-refractivity contribution in [1.29, 1.82) is 0 Å². The van der Waals surface area contributed by atoms with Gasteiger partial charge in [0.15, 0.2) is 6.23 Å². The molecule has 0 saturated carbocycles. The van der Waals surface area contributed by atoms with Crippen molar-refractivity contribution in [3.63, 3.8) is 0 Å². The van der Waals surface area contributed by atoms with E-state index in [0.717, 1.165) is 4.47 Å². The second-order valence-electron chi connectivity index (χ2n) is 5.01. The van der Waals surface area contributed by atoms with E-state index in [1.54, 1.807) is 30.3 Å². The first-order valence-electron chi connectivity index (χ1n) is 7.44. The molecule has 0 spiro atoms. The van der Waals surface area contributed by atoms with Gasteiger partial charge in [0.2, 0.25) is 0 Å². The van der Waals surface area contributed by atoms with Crippen LogP contribution in [-0.2, 0) is 4.79 Å². The standard InChI is InChI=1S/C17H19BrN2O4/c18-13-5-1-4-12(10-13)16(22)20-15(11-14-6-2-9-24-14)17(23)19-7-3-8-21/h1-2,4-6,9-11,16,20-22H,3,7-8H2,(H,19,23)/b15-11-. The molecule has 1 aromatic heterocycles. The molecule has 1 atom stereocenters. The van der Waals surface area contributed by atoms with Crippen LogP contribution >= 0.6 is 15.9 Å². The maximum Gasteiger partial charge on any atom is 0.267 e. The molecule has 4 N–H and O–H groups in total. The van der Waals surface area contributed by atoms with Gasteiger partial charge in [-0.15, -0.1) is 0 Å². The minimum Gasteiger partial charge on any atom is -0.465 e. The second-order valence-corrected chi connectivity index (χ2v) is 5.92. The molecule has 0 fully saturated rings. The van der Waals surface area contributed by atoms with Gasteiger partial charge in [-0.2, -0.15) is 0 Å². The first-order valence-corrected chi connectivity index (χ1v) is 8.24. The van der Waals surface area contributed by atoms with Crippen LogP contribution in [0.25, 0.3) is 6.08 Å². The minimum absolute atomic E-state index is 0.00833. The van der Waals surface area contributed by atoms with Crippen molar-refractivity contribution in [3.8, 4) is 0 Å². The van der Waals surface area contributed by atoms with Crippen LogP contribution < -0.4 is 10.6 Å². The number of aliphatic hydroxyl groups excluding tert-OH is 2. The van der Waals surface area contributed by atoms with Gasteiger partial charge in [-0.1, -0.05) is 28.1 Å². The minimum atomic E-state index is -1.06. The quantitative estimate of drug-likeness (QED) is 0.312. The molecule has 0 bridgehead atoms. The molecular weight excluding hydrogens is 376 g/mol. The molecule has 6 nitrogen and oxygen atoms in total. The summed E-state index contributed by atoms with van der Waals surface area (Å²) in [6, 6.07) is 10.5. The largest absolute Gasteiger partial charge is 0.465 e. The zero-order chi connectivity index (χ0) is 17.4. The lowest BCUT2D eigenvalue weighted by Gasteiger charge is -2.17. The molecule has 1 amide bonds. The van der Waals surface area contributed by atoms with Gasteiger partial charge in [0, 0.05) is 29.3 Å². The summed E-state index contributed by atoms with van der Waals surface area (Å²) in [5.74, 6) is 0.0881. The summed E-state index contributed by atoms with van der Waals surface area (Å²) >= 11 is 3.34. The van der Waals surface area contributed by atoms with Crippen LogP contribution in [0.4, 0.5) is 0 Å². The molecule has 24 heavy (non-hydrogen) atoms. The maximum absolute atomic E-state index is 12.3. The Morgan fingerprint density at radius 2 is 2.17 bits per heavy atom. The average molecular weight is 395 g/mol. The van der Waals surface area contributed by atoms with Gasteiger partial charge in [-0.25, -0.2) is 0 Å². The smallest absolute Gasteiger partial charge is 0.267 e. The van der Waals surface area contributed by atoms with Crippen LogP contribution in [0.3, 0.4) is 0 Å². The van der Waals surface area contributed by atoms with Gasteiger partial charge >= 0.3 is 0 Å². The number of furan rings is 1. The molecule has 0 saturated heterocycles. The number of carbonyl (C=O) groups is 1. The number of nitrogens with one attached hydrogen (secondary N) is 2. The summed E-state index contributed by atoms with van der Waals surface area (Å²) in [4.78, 5) is 12.3. The van der Waals surface area contributed by atoms with Crippen molar-refractivity contribution >= 4 is 27.9 Å². The molecule has 2 rings (SSSR count). The molecule has 1 heterocycles. The highest BCUT2D eigenvalue weighted by molar-refractivity contribution is 9.10. The number of hydrogen-bond acceptors (Lipinski definition) is 5. The Morgan fingerprint density at radius 3 is 2.83 bits per heavy atom. The van der Waals surface area contributed by atoms with E-state index in [1.807, 2.05) is 6.07 Å². The summed E-state index contributed by atoms with van der Waals surface area (Å²) in [5, 5.41) is 24.6. The number of hydrogen-bond donors (Lipinski definition) is 4. The predicted molar refractivity (Wildman–Crippen MR) is 93.6 cm³/mol. The van der Waals surface area contributed by atoms with Crippen LogP contribution in [0.15, 0.2) is 57.2 Å². The van der Waals surface area contributed by atoms with Crippen molar-refractivity contribution < 1.29 is 19.4 Å². The fourth-order valence-corrected chi connectivity index (χ4v) is 2.39. The van der Waals surface area contributed by atoms with E-state index in [1.165, 1.54) is 12.3 Å². The van der Waals surface area contributed by atoms with Crippen molar-refractivity contribution in [3.05, 3.63) is 64.2 Å². The summed E-state index contributed by atoms with van der Waals surface area (Å²) in [6.07, 6.45) is 2.40. The monoisotopic (exact) mass is 394 g/mol. The lowest BCUT2D eigenvalue weighted by molar-refractivity contribution is -0.118. The molecule has 0 radical (unpaired) electrons. The number of rotatable bonds is 8. The van der Waals surface area contributed by atoms with Crippen LogP contribution in [0.5, 0.6) is 0 Å². The number of carbonyl (C=O) groups excluding carboxylic acids is 1. The molecule has 128 valence electrons. The fraction of sp³-hybridized carbons (Fsp3) is 0.235. The van der Waals surface area contributed by atoms with Gasteiger partial charge in [0.1, 0.15) is 11.5 Å². The Kier molecular flexibility index (Phi) is 7.05. The second kappa shape index (κ2) is 9.27. The van der Waals surface area contributed by atoms with Crippen LogP contribution in [0.2, 0.25) is 0 Å². The van der Waals surface area contributed by atoms with Crippen molar-refractivity contribution in [2.75, 3.05) is 13.2 Å². The van der Waals surface area contributed by atoms with E-state index in [0.29, 0.717) is 24.3 Å². The number of halogens is 1. The fourth-order valence-electron chi connectivity index (χ4n) is 1.97. The SMILES string of the molecule is O=C(NCCCO)/C(=C/c1ccco1)NC(O)c1cccc(Br)c1. The van der Waals surface area contributed by atoms with Crippen LogP contribution in [-0.4, -0.2) is 29.3 Å². The molecule has 1 unspecified atom stereocenters. The van der Waals surface area contributed by atoms with Gasteiger partial charge in [-0.05, 0) is 30.7 Å². The highest BCUT2D eigenvalue weighted by Gasteiger charge is 2.15. The van der Waals surface area contributed by atoms with E-state index < -0.39 is 12.1 Å². The molecular formula is C17H19BrN2O4. The third-order valence-electron chi connectivity index (χ3n) is 3.15. The Hall–Kier alpha value is -2.09.